The third-order valence-electron chi connectivity index (χ3n) is 2.54. The summed E-state index contributed by atoms with van der Waals surface area (Å²) < 4.78 is 0. The van der Waals surface area contributed by atoms with E-state index in [4.69, 9.17) is 0 Å². The number of hydrogen-bond donors (Lipinski definition) is 1. The molecule has 0 aliphatic carbocycles. The molecule has 2 rings (SSSR count). The van der Waals surface area contributed by atoms with Gasteiger partial charge in [-0.3, -0.25) is 0 Å². The molecule has 0 saturated heterocycles. The number of unbranched alkanes of at least 4 members (excludes halogenated alkanes) is 2. The van der Waals surface area contributed by atoms with Crippen molar-refractivity contribution in [2.45, 2.75) is 32.6 Å². The Morgan fingerprint density at radius 1 is 1.36 bits per heavy atom. The second-order valence-electron chi connectivity index (χ2n) is 3.62. The van der Waals surface area contributed by atoms with E-state index in [9.17, 15) is 0 Å². The lowest BCUT2D eigenvalue weighted by atomic mass is 10.1. The van der Waals surface area contributed by atoms with E-state index in [0.29, 0.717) is 0 Å². The summed E-state index contributed by atoms with van der Waals surface area (Å²) in [5.41, 5.74) is 3.55. The van der Waals surface area contributed by atoms with Crippen LogP contribution in [0, 0.1) is 0 Å². The molecule has 0 atom stereocenters. The van der Waals surface area contributed by atoms with E-state index in [1.807, 2.05) is 6.07 Å². The second kappa shape index (κ2) is 4.22. The molecule has 1 heterocycles. The zero-order valence-corrected chi connectivity index (χ0v) is 8.51. The fourth-order valence-electron chi connectivity index (χ4n) is 1.74. The van der Waals surface area contributed by atoms with Crippen LogP contribution in [0.25, 0.3) is 11.0 Å². The van der Waals surface area contributed by atoms with Gasteiger partial charge in [0.1, 0.15) is 0 Å². The Morgan fingerprint density at radius 3 is 3.14 bits per heavy atom. The molecule has 74 valence electrons. The van der Waals surface area contributed by atoms with Crippen molar-refractivity contribution in [1.82, 2.24) is 10.3 Å². The van der Waals surface area contributed by atoms with Gasteiger partial charge in [0.15, 0.2) is 0 Å². The quantitative estimate of drug-likeness (QED) is 0.737. The minimum absolute atomic E-state index is 1.03. The van der Waals surface area contributed by atoms with Gasteiger partial charge in [0.05, 0.1) is 0 Å². The first-order chi connectivity index (χ1) is 6.92. The number of aromatic nitrogens is 3. The van der Waals surface area contributed by atoms with E-state index < -0.39 is 0 Å². The van der Waals surface area contributed by atoms with Crippen molar-refractivity contribution >= 4 is 11.0 Å². The third kappa shape index (κ3) is 1.76. The Kier molecular flexibility index (Phi) is 2.77. The fourth-order valence-corrected chi connectivity index (χ4v) is 1.74. The zero-order valence-electron chi connectivity index (χ0n) is 8.51. The zero-order chi connectivity index (χ0) is 9.80. The summed E-state index contributed by atoms with van der Waals surface area (Å²) in [5, 5.41) is 10.00. The average molecular weight is 190 g/mol. The molecule has 0 amide bonds. The van der Waals surface area contributed by atoms with Crippen LogP contribution in [-0.2, 0) is 6.42 Å². The van der Waals surface area contributed by atoms with Crippen LogP contribution in [0.15, 0.2) is 18.2 Å². The van der Waals surface area contributed by atoms with Crippen LogP contribution in [-0.4, -0.2) is 10.3 Å². The van der Waals surface area contributed by atoms with Crippen LogP contribution in [0.5, 0.6) is 0 Å². The molecule has 0 unspecified atom stereocenters. The average Bonchev–Trinajstić information content (AvgIpc) is 2.67. The van der Waals surface area contributed by atoms with Crippen molar-refractivity contribution in [3.63, 3.8) is 0 Å². The Morgan fingerprint density at radius 2 is 2.29 bits per heavy atom. The molecule has 1 aromatic carbocycles. The first-order valence-corrected chi connectivity index (χ1v) is 5.25. The van der Waals surface area contributed by atoms with Gasteiger partial charge in [-0.1, -0.05) is 37.1 Å². The van der Waals surface area contributed by atoms with E-state index >= 15 is 0 Å². The van der Waals surface area contributed by atoms with Gasteiger partial charge < -0.3 is 0 Å². The summed E-state index contributed by atoms with van der Waals surface area (Å²) >= 11 is 0. The molecular formula is C11H16N3+. The molecule has 0 aliphatic heterocycles. The molecule has 0 bridgehead atoms. The standard InChI is InChI=1S/C11H15N3/c1-2-3-4-6-9-7-5-8-10-11(9)13-14-12-10/h5,7-8H,2-4,6H2,1H3,(H,12,13,14)/p+1. The van der Waals surface area contributed by atoms with Crippen LogP contribution in [0.1, 0.15) is 31.7 Å². The summed E-state index contributed by atoms with van der Waals surface area (Å²) in [5.74, 6) is 0. The van der Waals surface area contributed by atoms with Crippen LogP contribution in [0.3, 0.4) is 0 Å². The number of rotatable bonds is 4. The highest BCUT2D eigenvalue weighted by Crippen LogP contribution is 2.14. The molecule has 14 heavy (non-hydrogen) atoms. The predicted octanol–water partition coefficient (Wildman–Crippen LogP) is 2.11. The molecule has 3 heteroatoms. The SMILES string of the molecule is CCCCCc1cccc2n[nH][nH+]c12. The van der Waals surface area contributed by atoms with E-state index in [1.165, 1.54) is 24.8 Å². The maximum Gasteiger partial charge on any atom is 0.248 e. The summed E-state index contributed by atoms with van der Waals surface area (Å²) in [7, 11) is 0. The van der Waals surface area contributed by atoms with E-state index in [2.05, 4.69) is 34.5 Å². The molecule has 3 nitrogen and oxygen atoms in total. The number of nitrogens with zero attached hydrogens (tertiary/aromatic N) is 1. The van der Waals surface area contributed by atoms with Gasteiger partial charge in [-0.05, 0) is 18.9 Å². The van der Waals surface area contributed by atoms with Crippen molar-refractivity contribution in [2.75, 3.05) is 0 Å². The number of fused-ring (bicyclic) bond motifs is 1. The minimum atomic E-state index is 1.03. The summed E-state index contributed by atoms with van der Waals surface area (Å²) in [6, 6.07) is 6.26. The van der Waals surface area contributed by atoms with E-state index in [1.54, 1.807) is 0 Å². The molecule has 1 aromatic heterocycles. The highest BCUT2D eigenvalue weighted by Gasteiger charge is 2.08. The molecule has 0 radical (unpaired) electrons. The lowest BCUT2D eigenvalue weighted by Crippen LogP contribution is -2.04. The highest BCUT2D eigenvalue weighted by molar-refractivity contribution is 5.73. The van der Waals surface area contributed by atoms with Crippen molar-refractivity contribution in [1.29, 1.82) is 0 Å². The number of aryl methyl sites for hydroxylation is 1. The van der Waals surface area contributed by atoms with Crippen LogP contribution in [0.2, 0.25) is 0 Å². The number of H-pyrrole nitrogens is 2. The van der Waals surface area contributed by atoms with Gasteiger partial charge in [-0.25, -0.2) is 0 Å². The number of aromatic amines is 2. The topological polar surface area (TPSA) is 42.8 Å². The van der Waals surface area contributed by atoms with Gasteiger partial charge in [-0.2, -0.15) is 5.10 Å². The lowest BCUT2D eigenvalue weighted by molar-refractivity contribution is -0.427. The molecule has 0 spiro atoms. The van der Waals surface area contributed by atoms with Crippen molar-refractivity contribution in [2.24, 2.45) is 0 Å². The van der Waals surface area contributed by atoms with Crippen LogP contribution >= 0.6 is 0 Å². The minimum Gasteiger partial charge on any atom is -0.168 e. The predicted molar refractivity (Wildman–Crippen MR) is 55.9 cm³/mol. The first kappa shape index (κ1) is 9.19. The Bertz CT molecular complexity index is 406. The van der Waals surface area contributed by atoms with Gasteiger partial charge in [0.2, 0.25) is 11.0 Å². The molecule has 0 aliphatic rings. The fraction of sp³-hybridized carbons (Fsp3) is 0.455. The Labute approximate surface area is 83.5 Å². The van der Waals surface area contributed by atoms with Crippen molar-refractivity contribution < 1.29 is 5.10 Å². The monoisotopic (exact) mass is 190 g/mol. The van der Waals surface area contributed by atoms with Crippen LogP contribution in [0.4, 0.5) is 0 Å². The summed E-state index contributed by atoms with van der Waals surface area (Å²) in [6.45, 7) is 2.23. The molecule has 0 fully saturated rings. The number of benzene rings is 1. The number of para-hydroxylation sites is 1. The normalized spacial score (nSPS) is 10.9. The van der Waals surface area contributed by atoms with E-state index in [0.717, 1.165) is 17.5 Å². The van der Waals surface area contributed by atoms with Gasteiger partial charge in [0, 0.05) is 10.7 Å². The first-order valence-electron chi connectivity index (χ1n) is 5.25. The largest absolute Gasteiger partial charge is 0.248 e. The molecule has 2 aromatic rings. The molecular weight excluding hydrogens is 174 g/mol. The van der Waals surface area contributed by atoms with Gasteiger partial charge in [-0.15, -0.1) is 0 Å². The molecule has 2 N–H and O–H groups in total. The van der Waals surface area contributed by atoms with E-state index in [-0.39, 0.29) is 0 Å². The Balaban J connectivity index is 2.19. The number of nitrogens with one attached hydrogen (secondary N) is 2. The maximum atomic E-state index is 4.13. The summed E-state index contributed by atoms with van der Waals surface area (Å²) in [6.07, 6.45) is 4.97. The third-order valence-corrected chi connectivity index (χ3v) is 2.54. The smallest absolute Gasteiger partial charge is 0.168 e. The van der Waals surface area contributed by atoms with Crippen LogP contribution < -0.4 is 5.10 Å². The van der Waals surface area contributed by atoms with Crippen molar-refractivity contribution in [3.8, 4) is 0 Å². The second-order valence-corrected chi connectivity index (χ2v) is 3.62. The number of hydrogen-bond acceptors (Lipinski definition) is 1. The van der Waals surface area contributed by atoms with Crippen molar-refractivity contribution in [3.05, 3.63) is 23.8 Å². The van der Waals surface area contributed by atoms with Gasteiger partial charge >= 0.3 is 0 Å². The van der Waals surface area contributed by atoms with Gasteiger partial charge in [0.25, 0.3) is 0 Å². The molecule has 0 saturated carbocycles. The lowest BCUT2D eigenvalue weighted by Gasteiger charge is -1.97. The summed E-state index contributed by atoms with van der Waals surface area (Å²) in [4.78, 5) is 0. The highest BCUT2D eigenvalue weighted by atomic mass is 15.3. The maximum absolute atomic E-state index is 4.13. The Hall–Kier alpha value is -1.38.